The molecule has 0 aliphatic rings. The molecular formula is C20H22N2O2S. The zero-order valence-corrected chi connectivity index (χ0v) is 15.3. The Morgan fingerprint density at radius 1 is 1.16 bits per heavy atom. The van der Waals surface area contributed by atoms with Crippen LogP contribution in [0.4, 0.5) is 16.2 Å². The maximum absolute atomic E-state index is 11.7. The van der Waals surface area contributed by atoms with Gasteiger partial charge in [-0.15, -0.1) is 11.3 Å². The first-order valence-corrected chi connectivity index (χ1v) is 9.23. The molecular weight excluding hydrogens is 332 g/mol. The molecule has 0 saturated heterocycles. The lowest BCUT2D eigenvalue weighted by Gasteiger charge is -2.11. The van der Waals surface area contributed by atoms with Crippen LogP contribution in [0.5, 0.6) is 0 Å². The molecule has 2 aromatic carbocycles. The Balaban J connectivity index is 1.61. The number of fused-ring (bicyclic) bond motifs is 1. The molecule has 2 N–H and O–H groups in total. The average Bonchev–Trinajstić information content (AvgIpc) is 3.03. The van der Waals surface area contributed by atoms with Gasteiger partial charge in [0.2, 0.25) is 0 Å². The second-order valence-electron chi connectivity index (χ2n) is 5.89. The van der Waals surface area contributed by atoms with Crippen LogP contribution in [0.2, 0.25) is 0 Å². The van der Waals surface area contributed by atoms with Crippen molar-refractivity contribution < 1.29 is 9.53 Å². The molecule has 3 rings (SSSR count). The predicted octanol–water partition coefficient (Wildman–Crippen LogP) is 5.78. The van der Waals surface area contributed by atoms with Crippen LogP contribution >= 0.6 is 11.3 Å². The van der Waals surface area contributed by atoms with Crippen LogP contribution in [0.3, 0.4) is 0 Å². The van der Waals surface area contributed by atoms with Gasteiger partial charge >= 0.3 is 6.09 Å². The van der Waals surface area contributed by atoms with Gasteiger partial charge in [-0.2, -0.15) is 0 Å². The van der Waals surface area contributed by atoms with Crippen molar-refractivity contribution in [1.82, 2.24) is 0 Å². The van der Waals surface area contributed by atoms with Crippen LogP contribution in [0.25, 0.3) is 10.1 Å². The van der Waals surface area contributed by atoms with Crippen molar-refractivity contribution in [3.8, 4) is 0 Å². The van der Waals surface area contributed by atoms with Crippen LogP contribution in [0.1, 0.15) is 23.8 Å². The van der Waals surface area contributed by atoms with Gasteiger partial charge in [0.1, 0.15) is 0 Å². The summed E-state index contributed by atoms with van der Waals surface area (Å²) in [5.41, 5.74) is 2.80. The largest absolute Gasteiger partial charge is 0.449 e. The molecule has 4 nitrogen and oxygen atoms in total. The quantitative estimate of drug-likeness (QED) is 0.590. The molecule has 0 aliphatic carbocycles. The fourth-order valence-corrected chi connectivity index (χ4v) is 3.57. The highest BCUT2D eigenvalue weighted by molar-refractivity contribution is 7.19. The topological polar surface area (TPSA) is 50.4 Å². The molecule has 0 saturated carbocycles. The molecule has 1 amide bonds. The molecule has 1 heterocycles. The molecule has 1 aromatic heterocycles. The number of benzene rings is 2. The van der Waals surface area contributed by atoms with Gasteiger partial charge in [-0.1, -0.05) is 25.1 Å². The van der Waals surface area contributed by atoms with E-state index in [1.807, 2.05) is 32.0 Å². The van der Waals surface area contributed by atoms with E-state index in [-0.39, 0.29) is 0 Å². The van der Waals surface area contributed by atoms with Gasteiger partial charge in [-0.05, 0) is 54.6 Å². The van der Waals surface area contributed by atoms with E-state index >= 15 is 0 Å². The van der Waals surface area contributed by atoms with Crippen LogP contribution in [-0.2, 0) is 11.3 Å². The first-order chi connectivity index (χ1) is 12.2. The van der Waals surface area contributed by atoms with Crippen LogP contribution in [0.15, 0.2) is 48.5 Å². The zero-order valence-electron chi connectivity index (χ0n) is 14.5. The van der Waals surface area contributed by atoms with Crippen LogP contribution in [-0.4, -0.2) is 12.7 Å². The van der Waals surface area contributed by atoms with Crippen LogP contribution < -0.4 is 10.6 Å². The van der Waals surface area contributed by atoms with E-state index < -0.39 is 6.09 Å². The highest BCUT2D eigenvalue weighted by Crippen LogP contribution is 2.26. The first-order valence-electron chi connectivity index (χ1n) is 8.41. The molecule has 5 heteroatoms. The molecule has 25 heavy (non-hydrogen) atoms. The Bertz CT molecular complexity index is 840. The summed E-state index contributed by atoms with van der Waals surface area (Å²) in [7, 11) is 0. The van der Waals surface area contributed by atoms with E-state index in [2.05, 4.69) is 41.0 Å². The minimum absolute atomic E-state index is 0.407. The van der Waals surface area contributed by atoms with Crippen molar-refractivity contribution in [2.24, 2.45) is 0 Å². The summed E-state index contributed by atoms with van der Waals surface area (Å²) in [6.45, 7) is 5.15. The Morgan fingerprint density at radius 2 is 2.00 bits per heavy atom. The number of anilines is 2. The molecule has 0 radical (unpaired) electrons. The fourth-order valence-electron chi connectivity index (χ4n) is 2.57. The summed E-state index contributed by atoms with van der Waals surface area (Å²) < 4.78 is 6.36. The Kier molecular flexibility index (Phi) is 5.56. The molecule has 0 fully saturated rings. The van der Waals surface area contributed by atoms with Crippen molar-refractivity contribution in [2.75, 3.05) is 17.2 Å². The van der Waals surface area contributed by atoms with Crippen molar-refractivity contribution >= 4 is 38.9 Å². The summed E-state index contributed by atoms with van der Waals surface area (Å²) >= 11 is 1.80. The van der Waals surface area contributed by atoms with Gasteiger partial charge < -0.3 is 10.1 Å². The summed E-state index contributed by atoms with van der Waals surface area (Å²) in [6, 6.07) is 16.5. The van der Waals surface area contributed by atoms with Gasteiger partial charge in [0, 0.05) is 27.5 Å². The van der Waals surface area contributed by atoms with E-state index in [4.69, 9.17) is 4.74 Å². The van der Waals surface area contributed by atoms with E-state index in [0.717, 1.165) is 29.9 Å². The van der Waals surface area contributed by atoms with E-state index in [1.54, 1.807) is 11.3 Å². The average molecular weight is 354 g/mol. The number of ether oxygens (including phenoxy) is 1. The van der Waals surface area contributed by atoms with Crippen molar-refractivity contribution in [1.29, 1.82) is 0 Å². The van der Waals surface area contributed by atoms with Gasteiger partial charge in [-0.3, -0.25) is 5.32 Å². The second-order valence-corrected chi connectivity index (χ2v) is 7.06. The third-order valence-corrected chi connectivity index (χ3v) is 4.96. The van der Waals surface area contributed by atoms with Crippen molar-refractivity contribution in [2.45, 2.75) is 26.8 Å². The number of hydrogen-bond acceptors (Lipinski definition) is 4. The number of rotatable bonds is 6. The number of amides is 1. The number of hydrogen-bond donors (Lipinski definition) is 2. The molecule has 0 bridgehead atoms. The minimum Gasteiger partial charge on any atom is -0.449 e. The van der Waals surface area contributed by atoms with E-state index in [0.29, 0.717) is 6.61 Å². The number of thiophene rings is 1. The monoisotopic (exact) mass is 354 g/mol. The Hall–Kier alpha value is -2.53. The summed E-state index contributed by atoms with van der Waals surface area (Å²) in [4.78, 5) is 13.0. The highest BCUT2D eigenvalue weighted by Gasteiger charge is 2.06. The summed E-state index contributed by atoms with van der Waals surface area (Å²) in [5, 5.41) is 7.50. The maximum atomic E-state index is 11.7. The summed E-state index contributed by atoms with van der Waals surface area (Å²) in [6.07, 6.45) is 0.406. The Morgan fingerprint density at radius 3 is 2.76 bits per heavy atom. The first kappa shape index (κ1) is 17.3. The number of nitrogens with one attached hydrogen (secondary N) is 2. The predicted molar refractivity (Wildman–Crippen MR) is 106 cm³/mol. The summed E-state index contributed by atoms with van der Waals surface area (Å²) in [5.74, 6) is 0. The van der Waals surface area contributed by atoms with Gasteiger partial charge in [0.15, 0.2) is 0 Å². The molecule has 0 atom stereocenters. The number of carbonyl (C=O) groups excluding carboxylic acids is 1. The van der Waals surface area contributed by atoms with Gasteiger partial charge in [-0.25, -0.2) is 4.79 Å². The fraction of sp³-hybridized carbons (Fsp3) is 0.250. The van der Waals surface area contributed by atoms with Gasteiger partial charge in [0.25, 0.3) is 0 Å². The van der Waals surface area contributed by atoms with Crippen molar-refractivity contribution in [3.63, 3.8) is 0 Å². The third-order valence-electron chi connectivity index (χ3n) is 3.84. The number of carbonyl (C=O) groups is 1. The van der Waals surface area contributed by atoms with E-state index in [9.17, 15) is 4.79 Å². The highest BCUT2D eigenvalue weighted by atomic mass is 32.1. The number of aryl methyl sites for hydroxylation is 1. The van der Waals surface area contributed by atoms with Crippen LogP contribution in [0, 0.1) is 6.92 Å². The standard InChI is InChI=1S/C20H22N2O2S/c1-3-10-24-20(23)22-18-9-8-16(11-14(18)2)21-13-17-12-15-6-4-5-7-19(15)25-17/h4-9,11-12,21H,3,10,13H2,1-2H3,(H,22,23). The molecule has 0 unspecified atom stereocenters. The smallest absolute Gasteiger partial charge is 0.411 e. The Labute approximate surface area is 151 Å². The second kappa shape index (κ2) is 8.03. The molecule has 130 valence electrons. The third kappa shape index (κ3) is 4.51. The molecule has 0 aliphatic heterocycles. The normalized spacial score (nSPS) is 10.6. The zero-order chi connectivity index (χ0) is 17.6. The lowest BCUT2D eigenvalue weighted by atomic mass is 10.1. The maximum Gasteiger partial charge on any atom is 0.411 e. The molecule has 3 aromatic rings. The molecule has 0 spiro atoms. The van der Waals surface area contributed by atoms with Gasteiger partial charge in [0.05, 0.1) is 6.61 Å². The minimum atomic E-state index is -0.407. The van der Waals surface area contributed by atoms with Crippen molar-refractivity contribution in [3.05, 3.63) is 59.0 Å². The SMILES string of the molecule is CCCOC(=O)Nc1ccc(NCc2cc3ccccc3s2)cc1C. The van der Waals surface area contributed by atoms with E-state index in [1.165, 1.54) is 15.0 Å². The lowest BCUT2D eigenvalue weighted by Crippen LogP contribution is -2.14. The lowest BCUT2D eigenvalue weighted by molar-refractivity contribution is 0.161.